The Hall–Kier alpha value is -2.85. The van der Waals surface area contributed by atoms with Gasteiger partial charge in [-0.1, -0.05) is 66.0 Å². The molecule has 0 aliphatic rings. The molecule has 0 bridgehead atoms. The highest BCUT2D eigenvalue weighted by Gasteiger charge is 2.33. The standard InChI is InChI=1S/C28H29Cl3FN3O4S/c1-4-18(2)33-28(37)19(3)34(16-22-23(29)11-8-12-24(22)30)27(36)17-35(20-13-14-26(32)25(31)15-20)40(38,39)21-9-6-5-7-10-21/h5-15,18-19H,4,16-17H2,1-3H3,(H,33,37)/t18-,19+/m1/s1. The zero-order valence-corrected chi connectivity index (χ0v) is 25.2. The molecule has 3 aromatic carbocycles. The number of sulfonamides is 1. The number of carbonyl (C=O) groups is 2. The van der Waals surface area contributed by atoms with Gasteiger partial charge in [-0.05, 0) is 62.7 Å². The van der Waals surface area contributed by atoms with Crippen LogP contribution in [0, 0.1) is 5.82 Å². The van der Waals surface area contributed by atoms with Crippen molar-refractivity contribution < 1.29 is 22.4 Å². The Bertz CT molecular complexity index is 1450. The Labute approximate surface area is 248 Å². The van der Waals surface area contributed by atoms with Crippen molar-refractivity contribution in [2.24, 2.45) is 0 Å². The second-order valence-electron chi connectivity index (χ2n) is 9.14. The van der Waals surface area contributed by atoms with Gasteiger partial charge in [0.15, 0.2) is 0 Å². The number of hydrogen-bond donors (Lipinski definition) is 1. The van der Waals surface area contributed by atoms with Crippen LogP contribution in [0.4, 0.5) is 10.1 Å². The molecule has 0 aromatic heterocycles. The molecule has 0 spiro atoms. The Morgan fingerprint density at radius 3 is 2.12 bits per heavy atom. The third-order valence-corrected chi connectivity index (χ3v) is 9.15. The fourth-order valence-electron chi connectivity index (χ4n) is 3.79. The van der Waals surface area contributed by atoms with Gasteiger partial charge < -0.3 is 10.2 Å². The fraction of sp³-hybridized carbons (Fsp3) is 0.286. The number of anilines is 1. The van der Waals surface area contributed by atoms with Crippen LogP contribution in [-0.4, -0.2) is 43.8 Å². The van der Waals surface area contributed by atoms with Gasteiger partial charge in [0, 0.05) is 28.2 Å². The van der Waals surface area contributed by atoms with E-state index in [2.05, 4.69) is 5.32 Å². The van der Waals surface area contributed by atoms with Gasteiger partial charge >= 0.3 is 0 Å². The fourth-order valence-corrected chi connectivity index (χ4v) is 5.91. The minimum Gasteiger partial charge on any atom is -0.352 e. The van der Waals surface area contributed by atoms with E-state index in [0.717, 1.165) is 16.4 Å². The van der Waals surface area contributed by atoms with E-state index in [1.54, 1.807) is 24.3 Å². The molecule has 40 heavy (non-hydrogen) atoms. The molecule has 2 atom stereocenters. The topological polar surface area (TPSA) is 86.8 Å². The molecule has 2 amide bonds. The van der Waals surface area contributed by atoms with Crippen molar-refractivity contribution in [2.75, 3.05) is 10.8 Å². The lowest BCUT2D eigenvalue weighted by atomic mass is 10.1. The zero-order chi connectivity index (χ0) is 29.6. The quantitative estimate of drug-likeness (QED) is 0.270. The summed E-state index contributed by atoms with van der Waals surface area (Å²) in [6.07, 6.45) is 0.664. The second kappa shape index (κ2) is 13.7. The molecule has 0 saturated heterocycles. The minimum atomic E-state index is -4.32. The lowest BCUT2D eigenvalue weighted by Crippen LogP contribution is -2.52. The zero-order valence-electron chi connectivity index (χ0n) is 22.1. The number of nitrogens with one attached hydrogen (secondary N) is 1. The Kier molecular flexibility index (Phi) is 10.8. The average Bonchev–Trinajstić information content (AvgIpc) is 2.93. The van der Waals surface area contributed by atoms with E-state index < -0.39 is 40.2 Å². The predicted octanol–water partition coefficient (Wildman–Crippen LogP) is 6.31. The smallest absolute Gasteiger partial charge is 0.264 e. The van der Waals surface area contributed by atoms with Crippen LogP contribution in [0.2, 0.25) is 15.1 Å². The highest BCUT2D eigenvalue weighted by Crippen LogP contribution is 2.30. The molecule has 1 N–H and O–H groups in total. The normalized spacial score (nSPS) is 12.9. The summed E-state index contributed by atoms with van der Waals surface area (Å²) < 4.78 is 42.3. The van der Waals surface area contributed by atoms with Crippen LogP contribution in [-0.2, 0) is 26.2 Å². The maximum absolute atomic E-state index is 14.0. The summed E-state index contributed by atoms with van der Waals surface area (Å²) >= 11 is 18.7. The molecule has 0 saturated carbocycles. The van der Waals surface area contributed by atoms with Crippen LogP contribution >= 0.6 is 34.8 Å². The third-order valence-electron chi connectivity index (χ3n) is 6.36. The lowest BCUT2D eigenvalue weighted by molar-refractivity contribution is -0.139. The minimum absolute atomic E-state index is 0.0314. The second-order valence-corrected chi connectivity index (χ2v) is 12.2. The van der Waals surface area contributed by atoms with E-state index in [4.69, 9.17) is 34.8 Å². The summed E-state index contributed by atoms with van der Waals surface area (Å²) in [4.78, 5) is 28.2. The molecule has 12 heteroatoms. The third kappa shape index (κ3) is 7.46. The first-order chi connectivity index (χ1) is 18.9. The summed E-state index contributed by atoms with van der Waals surface area (Å²) in [5, 5.41) is 3.08. The van der Waals surface area contributed by atoms with Crippen molar-refractivity contribution >= 4 is 62.3 Å². The maximum Gasteiger partial charge on any atom is 0.264 e. The van der Waals surface area contributed by atoms with Crippen molar-refractivity contribution in [1.82, 2.24) is 10.2 Å². The first kappa shape index (κ1) is 31.7. The number of hydrogen-bond acceptors (Lipinski definition) is 4. The molecular weight excluding hydrogens is 600 g/mol. The van der Waals surface area contributed by atoms with Gasteiger partial charge in [-0.15, -0.1) is 0 Å². The molecule has 0 unspecified atom stereocenters. The van der Waals surface area contributed by atoms with Crippen LogP contribution in [0.1, 0.15) is 32.8 Å². The number of amides is 2. The van der Waals surface area contributed by atoms with Gasteiger partial charge in [-0.25, -0.2) is 12.8 Å². The van der Waals surface area contributed by atoms with Crippen molar-refractivity contribution in [2.45, 2.75) is 50.7 Å². The first-order valence-electron chi connectivity index (χ1n) is 12.4. The highest BCUT2D eigenvalue weighted by molar-refractivity contribution is 7.92. The van der Waals surface area contributed by atoms with Crippen molar-refractivity contribution in [3.8, 4) is 0 Å². The van der Waals surface area contributed by atoms with Crippen LogP contribution < -0.4 is 9.62 Å². The van der Waals surface area contributed by atoms with Crippen LogP contribution in [0.15, 0.2) is 71.6 Å². The van der Waals surface area contributed by atoms with Gasteiger partial charge in [-0.2, -0.15) is 0 Å². The molecular formula is C28H29Cl3FN3O4S. The molecule has 3 aromatic rings. The number of nitrogens with zero attached hydrogens (tertiary/aromatic N) is 2. The monoisotopic (exact) mass is 627 g/mol. The number of benzene rings is 3. The Balaban J connectivity index is 2.08. The molecule has 3 rings (SSSR count). The van der Waals surface area contributed by atoms with Gasteiger partial charge in [0.05, 0.1) is 15.6 Å². The van der Waals surface area contributed by atoms with Crippen LogP contribution in [0.25, 0.3) is 0 Å². The van der Waals surface area contributed by atoms with Gasteiger partial charge in [-0.3, -0.25) is 13.9 Å². The number of carbonyl (C=O) groups excluding carboxylic acids is 2. The summed E-state index contributed by atoms with van der Waals surface area (Å²) in [7, 11) is -4.32. The largest absolute Gasteiger partial charge is 0.352 e. The van der Waals surface area contributed by atoms with E-state index in [9.17, 15) is 22.4 Å². The average molecular weight is 629 g/mol. The highest BCUT2D eigenvalue weighted by atomic mass is 35.5. The maximum atomic E-state index is 14.0. The van der Waals surface area contributed by atoms with Crippen molar-refractivity contribution in [1.29, 1.82) is 0 Å². The van der Waals surface area contributed by atoms with E-state index in [1.807, 2.05) is 13.8 Å². The molecule has 0 fully saturated rings. The van der Waals surface area contributed by atoms with E-state index in [1.165, 1.54) is 42.2 Å². The molecule has 0 aliphatic carbocycles. The van der Waals surface area contributed by atoms with Crippen LogP contribution in [0.5, 0.6) is 0 Å². The van der Waals surface area contributed by atoms with Crippen molar-refractivity contribution in [3.05, 3.63) is 93.2 Å². The van der Waals surface area contributed by atoms with Crippen LogP contribution in [0.3, 0.4) is 0 Å². The van der Waals surface area contributed by atoms with E-state index in [0.29, 0.717) is 12.0 Å². The number of rotatable bonds is 11. The van der Waals surface area contributed by atoms with E-state index >= 15 is 0 Å². The molecule has 0 radical (unpaired) electrons. The SMILES string of the molecule is CC[C@@H](C)NC(=O)[C@H](C)N(Cc1c(Cl)cccc1Cl)C(=O)CN(c1ccc(F)c(Cl)c1)S(=O)(=O)c1ccccc1. The van der Waals surface area contributed by atoms with Crippen molar-refractivity contribution in [3.63, 3.8) is 0 Å². The molecule has 0 heterocycles. The summed E-state index contributed by atoms with van der Waals surface area (Å²) in [5.74, 6) is -1.91. The van der Waals surface area contributed by atoms with Gasteiger partial charge in [0.2, 0.25) is 11.8 Å². The Morgan fingerprint density at radius 1 is 0.925 bits per heavy atom. The summed E-state index contributed by atoms with van der Waals surface area (Å²) in [6.45, 7) is 4.37. The lowest BCUT2D eigenvalue weighted by Gasteiger charge is -2.33. The molecule has 7 nitrogen and oxygen atoms in total. The number of halogens is 4. The Morgan fingerprint density at radius 2 is 1.55 bits per heavy atom. The van der Waals surface area contributed by atoms with Gasteiger partial charge in [0.25, 0.3) is 10.0 Å². The van der Waals surface area contributed by atoms with E-state index in [-0.39, 0.29) is 38.2 Å². The predicted molar refractivity (Wildman–Crippen MR) is 157 cm³/mol. The summed E-state index contributed by atoms with van der Waals surface area (Å²) in [6, 6.07) is 14.5. The molecule has 214 valence electrons. The first-order valence-corrected chi connectivity index (χ1v) is 15.0. The summed E-state index contributed by atoms with van der Waals surface area (Å²) in [5.41, 5.74) is 0.362. The van der Waals surface area contributed by atoms with Gasteiger partial charge in [0.1, 0.15) is 18.4 Å². The molecule has 0 aliphatic heterocycles.